The first-order valence-corrected chi connectivity index (χ1v) is 16.2. The molecule has 3 aromatic carbocycles. The smallest absolute Gasteiger partial charge is 0.244 e. The van der Waals surface area contributed by atoms with E-state index in [4.69, 9.17) is 46.4 Å². The summed E-state index contributed by atoms with van der Waals surface area (Å²) in [5.74, 6) is -1.06. The predicted octanol–water partition coefficient (Wildman–Crippen LogP) is 6.62. The van der Waals surface area contributed by atoms with Crippen molar-refractivity contribution in [2.24, 2.45) is 0 Å². The van der Waals surface area contributed by atoms with E-state index in [-0.39, 0.29) is 34.7 Å². The Balaban J connectivity index is 2.13. The number of sulfonamides is 1. The predicted molar refractivity (Wildman–Crippen MR) is 167 cm³/mol. The van der Waals surface area contributed by atoms with E-state index in [9.17, 15) is 18.0 Å². The topological polar surface area (TPSA) is 86.8 Å². The molecule has 0 aliphatic rings. The molecule has 0 spiro atoms. The number of carbonyl (C=O) groups excluding carboxylic acids is 2. The van der Waals surface area contributed by atoms with E-state index in [0.29, 0.717) is 22.0 Å². The van der Waals surface area contributed by atoms with Crippen molar-refractivity contribution in [2.45, 2.75) is 45.3 Å². The number of nitrogens with one attached hydrogen (secondary N) is 1. The van der Waals surface area contributed by atoms with Crippen LogP contribution >= 0.6 is 46.4 Å². The molecule has 2 amide bonds. The Morgan fingerprint density at radius 2 is 1.54 bits per heavy atom. The van der Waals surface area contributed by atoms with Crippen molar-refractivity contribution in [3.05, 3.63) is 97.9 Å². The highest BCUT2D eigenvalue weighted by molar-refractivity contribution is 7.92. The zero-order valence-electron chi connectivity index (χ0n) is 22.8. The van der Waals surface area contributed by atoms with Crippen molar-refractivity contribution in [1.82, 2.24) is 10.2 Å². The van der Waals surface area contributed by atoms with Crippen LogP contribution in [0.4, 0.5) is 5.69 Å². The van der Waals surface area contributed by atoms with Crippen LogP contribution in [0, 0.1) is 0 Å². The van der Waals surface area contributed by atoms with Crippen LogP contribution in [-0.2, 0) is 32.6 Å². The van der Waals surface area contributed by atoms with Crippen LogP contribution in [0.3, 0.4) is 0 Å². The zero-order valence-corrected chi connectivity index (χ0v) is 26.6. The first-order chi connectivity index (χ1) is 19.3. The number of rotatable bonds is 12. The highest BCUT2D eigenvalue weighted by Crippen LogP contribution is 2.32. The molecule has 220 valence electrons. The highest BCUT2D eigenvalue weighted by Gasteiger charge is 2.34. The second-order valence-corrected chi connectivity index (χ2v) is 13.2. The summed E-state index contributed by atoms with van der Waals surface area (Å²) in [7, 11) is -4.01. The van der Waals surface area contributed by atoms with E-state index in [2.05, 4.69) is 5.32 Å². The van der Waals surface area contributed by atoms with E-state index in [1.165, 1.54) is 23.1 Å². The van der Waals surface area contributed by atoms with Crippen LogP contribution in [-0.4, -0.2) is 50.0 Å². The zero-order chi connectivity index (χ0) is 30.3. The number of carbonyl (C=O) groups is 2. The summed E-state index contributed by atoms with van der Waals surface area (Å²) < 4.78 is 26.7. The maximum absolute atomic E-state index is 14.2. The van der Waals surface area contributed by atoms with Gasteiger partial charge in [-0.3, -0.25) is 13.9 Å². The Bertz CT molecular complexity index is 1470. The molecule has 0 saturated heterocycles. The van der Waals surface area contributed by atoms with Gasteiger partial charge in [-0.25, -0.2) is 8.42 Å². The quantitative estimate of drug-likeness (QED) is 0.237. The number of amides is 2. The van der Waals surface area contributed by atoms with E-state index in [0.717, 1.165) is 16.1 Å². The van der Waals surface area contributed by atoms with Gasteiger partial charge < -0.3 is 10.2 Å². The molecule has 0 fully saturated rings. The first kappa shape index (κ1) is 33.0. The number of halogens is 4. The number of benzene rings is 3. The van der Waals surface area contributed by atoms with Gasteiger partial charge in [0.05, 0.1) is 17.0 Å². The summed E-state index contributed by atoms with van der Waals surface area (Å²) >= 11 is 25.4. The maximum atomic E-state index is 14.2. The van der Waals surface area contributed by atoms with E-state index in [1.54, 1.807) is 18.2 Å². The second kappa shape index (κ2) is 14.6. The van der Waals surface area contributed by atoms with Gasteiger partial charge in [-0.2, -0.15) is 0 Å². The van der Waals surface area contributed by atoms with Gasteiger partial charge in [0.2, 0.25) is 21.8 Å². The fourth-order valence-corrected chi connectivity index (χ4v) is 5.93. The molecule has 0 heterocycles. The minimum Gasteiger partial charge on any atom is -0.352 e. The van der Waals surface area contributed by atoms with Gasteiger partial charge in [0, 0.05) is 39.6 Å². The SMILES string of the molecule is CC[C@H](C)NC(=O)[C@@H](Cc1ccccc1)N(Cc1c(Cl)cccc1Cl)C(=O)CN(c1cc(Cl)ccc1Cl)S(C)(=O)=O. The standard InChI is InChI=1S/C29H31Cl4N3O4S/c1-4-19(2)34-29(38)27(15-20-9-6-5-7-10-20)35(17-22-23(31)11-8-12-24(22)32)28(37)18-36(41(3,39)40)26-16-21(30)13-14-25(26)33/h5-14,16,19,27H,4,15,17-18H2,1-3H3,(H,34,38)/t19-,27+/m0/s1. The molecule has 7 nitrogen and oxygen atoms in total. The molecule has 12 heteroatoms. The lowest BCUT2D eigenvalue weighted by molar-refractivity contribution is -0.140. The third-order valence-electron chi connectivity index (χ3n) is 6.52. The lowest BCUT2D eigenvalue weighted by atomic mass is 10.0. The van der Waals surface area contributed by atoms with Crippen molar-refractivity contribution in [3.63, 3.8) is 0 Å². The van der Waals surface area contributed by atoms with Gasteiger partial charge in [0.1, 0.15) is 12.6 Å². The third-order valence-corrected chi connectivity index (χ3v) is 8.91. The molecule has 0 radical (unpaired) electrons. The van der Waals surface area contributed by atoms with Gasteiger partial charge in [-0.1, -0.05) is 89.7 Å². The third kappa shape index (κ3) is 9.00. The molecule has 0 aliphatic carbocycles. The maximum Gasteiger partial charge on any atom is 0.244 e. The van der Waals surface area contributed by atoms with Gasteiger partial charge in [0.15, 0.2) is 0 Å². The Morgan fingerprint density at radius 1 is 0.902 bits per heavy atom. The van der Waals surface area contributed by atoms with Gasteiger partial charge in [0.25, 0.3) is 0 Å². The van der Waals surface area contributed by atoms with E-state index < -0.39 is 34.4 Å². The Morgan fingerprint density at radius 3 is 2.12 bits per heavy atom. The summed E-state index contributed by atoms with van der Waals surface area (Å²) in [4.78, 5) is 29.2. The lowest BCUT2D eigenvalue weighted by Gasteiger charge is -2.34. The van der Waals surface area contributed by atoms with Crippen molar-refractivity contribution < 1.29 is 18.0 Å². The minimum absolute atomic E-state index is 0.0365. The molecule has 0 unspecified atom stereocenters. The molecule has 0 saturated carbocycles. The summed E-state index contributed by atoms with van der Waals surface area (Å²) in [6.45, 7) is 3.00. The molecule has 3 aromatic rings. The van der Waals surface area contributed by atoms with Crippen LogP contribution < -0.4 is 9.62 Å². The monoisotopic (exact) mass is 657 g/mol. The Hall–Kier alpha value is -2.49. The average molecular weight is 659 g/mol. The molecule has 2 atom stereocenters. The number of anilines is 1. The molecule has 41 heavy (non-hydrogen) atoms. The highest BCUT2D eigenvalue weighted by atomic mass is 35.5. The molecule has 3 rings (SSSR count). The first-order valence-electron chi connectivity index (χ1n) is 12.8. The number of hydrogen-bond donors (Lipinski definition) is 1. The second-order valence-electron chi connectivity index (χ2n) is 9.61. The van der Waals surface area contributed by atoms with Gasteiger partial charge in [-0.15, -0.1) is 0 Å². The molecule has 0 bridgehead atoms. The van der Waals surface area contributed by atoms with E-state index in [1.807, 2.05) is 44.2 Å². The van der Waals surface area contributed by atoms with Crippen molar-refractivity contribution in [2.75, 3.05) is 17.1 Å². The molecular weight excluding hydrogens is 628 g/mol. The number of nitrogens with zero attached hydrogens (tertiary/aromatic N) is 2. The Kier molecular flexibility index (Phi) is 11.8. The van der Waals surface area contributed by atoms with E-state index >= 15 is 0 Å². The van der Waals surface area contributed by atoms with Crippen LogP contribution in [0.25, 0.3) is 0 Å². The summed E-state index contributed by atoms with van der Waals surface area (Å²) in [5.41, 5.74) is 1.26. The average Bonchev–Trinajstić information content (AvgIpc) is 2.91. The normalized spacial score (nSPS) is 12.9. The van der Waals surface area contributed by atoms with Crippen LogP contribution in [0.2, 0.25) is 20.1 Å². The van der Waals surface area contributed by atoms with Crippen LogP contribution in [0.1, 0.15) is 31.4 Å². The van der Waals surface area contributed by atoms with Crippen LogP contribution in [0.15, 0.2) is 66.7 Å². The van der Waals surface area contributed by atoms with Crippen molar-refractivity contribution in [1.29, 1.82) is 0 Å². The Labute approximate surface area is 261 Å². The van der Waals surface area contributed by atoms with Gasteiger partial charge >= 0.3 is 0 Å². The summed E-state index contributed by atoms with van der Waals surface area (Å²) in [5, 5.41) is 3.89. The number of hydrogen-bond acceptors (Lipinski definition) is 4. The fraction of sp³-hybridized carbons (Fsp3) is 0.310. The molecule has 0 aromatic heterocycles. The van der Waals surface area contributed by atoms with Gasteiger partial charge in [-0.05, 0) is 49.2 Å². The van der Waals surface area contributed by atoms with Crippen molar-refractivity contribution >= 4 is 73.9 Å². The van der Waals surface area contributed by atoms with Crippen molar-refractivity contribution in [3.8, 4) is 0 Å². The largest absolute Gasteiger partial charge is 0.352 e. The summed E-state index contributed by atoms with van der Waals surface area (Å²) in [6, 6.07) is 17.3. The molecule has 0 aliphatic heterocycles. The molecular formula is C29H31Cl4N3O4S. The minimum atomic E-state index is -4.01. The molecule has 1 N–H and O–H groups in total. The lowest BCUT2D eigenvalue weighted by Crippen LogP contribution is -2.54. The summed E-state index contributed by atoms with van der Waals surface area (Å²) in [6.07, 6.45) is 1.79. The fourth-order valence-electron chi connectivity index (χ4n) is 4.12. The van der Waals surface area contributed by atoms with Crippen LogP contribution in [0.5, 0.6) is 0 Å².